The average molecular weight is 414 g/mol. The van der Waals surface area contributed by atoms with Gasteiger partial charge < -0.3 is 14.4 Å². The van der Waals surface area contributed by atoms with Gasteiger partial charge in [-0.15, -0.1) is 0 Å². The Morgan fingerprint density at radius 2 is 2.00 bits per heavy atom. The zero-order valence-electron chi connectivity index (χ0n) is 17.2. The summed E-state index contributed by atoms with van der Waals surface area (Å²) >= 11 is 0. The highest BCUT2D eigenvalue weighted by molar-refractivity contribution is 5.71. The van der Waals surface area contributed by atoms with E-state index in [1.54, 1.807) is 43.9 Å². The predicted molar refractivity (Wildman–Crippen MR) is 108 cm³/mol. The predicted octanol–water partition coefficient (Wildman–Crippen LogP) is 5.03. The molecule has 1 amide bonds. The Morgan fingerprint density at radius 1 is 1.23 bits per heavy atom. The van der Waals surface area contributed by atoms with E-state index in [1.165, 1.54) is 0 Å². The van der Waals surface area contributed by atoms with Gasteiger partial charge in [-0.1, -0.05) is 12.1 Å². The first-order chi connectivity index (χ1) is 14.2. The fraction of sp³-hybridized carbons (Fsp3) is 0.391. The van der Waals surface area contributed by atoms with Crippen LogP contribution in [0.25, 0.3) is 11.1 Å². The zero-order valence-corrected chi connectivity index (χ0v) is 17.2. The molecular weight excluding hydrogens is 390 g/mol. The Bertz CT molecular complexity index is 979. The third-order valence-corrected chi connectivity index (χ3v) is 4.78. The van der Waals surface area contributed by atoms with Crippen LogP contribution in [0.15, 0.2) is 36.4 Å². The van der Waals surface area contributed by atoms with Crippen LogP contribution in [-0.4, -0.2) is 35.8 Å². The Balaban J connectivity index is 1.76. The summed E-state index contributed by atoms with van der Waals surface area (Å²) in [5.41, 5.74) is 0.727. The number of hydrogen-bond donors (Lipinski definition) is 0. The molecule has 7 heteroatoms. The molecule has 1 heterocycles. The Hall–Kier alpha value is -2.98. The Morgan fingerprint density at radius 3 is 2.70 bits per heavy atom. The summed E-state index contributed by atoms with van der Waals surface area (Å²) in [5.74, 6) is -1.14. The van der Waals surface area contributed by atoms with Crippen LogP contribution in [-0.2, 0) is 16.1 Å². The molecule has 5 nitrogen and oxygen atoms in total. The molecule has 1 aliphatic rings. The summed E-state index contributed by atoms with van der Waals surface area (Å²) < 4.78 is 39.4. The number of likely N-dealkylation sites (tertiary alicyclic amines) is 1. The molecule has 2 aromatic rings. The molecule has 0 aromatic heterocycles. The number of rotatable bonds is 4. The average Bonchev–Trinajstić information content (AvgIpc) is 3.16. The fourth-order valence-electron chi connectivity index (χ4n) is 3.36. The van der Waals surface area contributed by atoms with E-state index in [0.717, 1.165) is 18.2 Å². The molecular formula is C23H24F2N2O3. The quantitative estimate of drug-likeness (QED) is 0.704. The van der Waals surface area contributed by atoms with Crippen molar-refractivity contribution in [2.45, 2.75) is 45.5 Å². The van der Waals surface area contributed by atoms with Crippen LogP contribution in [0.3, 0.4) is 0 Å². The van der Waals surface area contributed by atoms with Crippen LogP contribution in [0.2, 0.25) is 0 Å². The Kier molecular flexibility index (Phi) is 6.37. The van der Waals surface area contributed by atoms with Gasteiger partial charge in [-0.2, -0.15) is 5.26 Å². The van der Waals surface area contributed by atoms with E-state index in [-0.39, 0.29) is 18.3 Å². The number of amides is 1. The number of nitrogens with zero attached hydrogens (tertiary/aromatic N) is 2. The largest absolute Gasteiger partial charge is 0.444 e. The van der Waals surface area contributed by atoms with Gasteiger partial charge in [0.2, 0.25) is 0 Å². The number of nitriles is 1. The van der Waals surface area contributed by atoms with Gasteiger partial charge in [-0.25, -0.2) is 13.6 Å². The summed E-state index contributed by atoms with van der Waals surface area (Å²) in [6, 6.07) is 10.2. The summed E-state index contributed by atoms with van der Waals surface area (Å²) in [5, 5.41) is 9.49. The highest BCUT2D eigenvalue weighted by atomic mass is 19.1. The second-order valence-electron chi connectivity index (χ2n) is 8.22. The van der Waals surface area contributed by atoms with Crippen LogP contribution in [0.5, 0.6) is 0 Å². The van der Waals surface area contributed by atoms with E-state index in [1.807, 2.05) is 0 Å². The maximum atomic E-state index is 14.3. The van der Waals surface area contributed by atoms with Crippen LogP contribution in [0.4, 0.5) is 13.6 Å². The van der Waals surface area contributed by atoms with Gasteiger partial charge in [0.1, 0.15) is 17.2 Å². The van der Waals surface area contributed by atoms with Gasteiger partial charge in [0.05, 0.1) is 30.9 Å². The summed E-state index contributed by atoms with van der Waals surface area (Å²) in [4.78, 5) is 13.8. The summed E-state index contributed by atoms with van der Waals surface area (Å²) in [6.45, 7) is 6.34. The van der Waals surface area contributed by atoms with E-state index < -0.39 is 23.3 Å². The molecule has 2 aromatic carbocycles. The topological polar surface area (TPSA) is 62.6 Å². The van der Waals surface area contributed by atoms with Gasteiger partial charge in [0, 0.05) is 17.7 Å². The lowest BCUT2D eigenvalue weighted by Crippen LogP contribution is -2.36. The molecule has 158 valence electrons. The lowest BCUT2D eigenvalue weighted by Gasteiger charge is -2.24. The third-order valence-electron chi connectivity index (χ3n) is 4.78. The Labute approximate surface area is 174 Å². The maximum Gasteiger partial charge on any atom is 0.410 e. The molecule has 30 heavy (non-hydrogen) atoms. The smallest absolute Gasteiger partial charge is 0.410 e. The van der Waals surface area contributed by atoms with Crippen molar-refractivity contribution in [3.05, 3.63) is 59.2 Å². The van der Waals surface area contributed by atoms with Crippen molar-refractivity contribution in [1.82, 2.24) is 4.90 Å². The first kappa shape index (κ1) is 21.7. The van der Waals surface area contributed by atoms with Crippen molar-refractivity contribution in [2.24, 2.45) is 0 Å². The SMILES string of the molecule is CC(C)(C)OC(=O)N1CCC(OCc2c(C#N)cccc2-c2cc(F)ccc2F)C1. The molecule has 0 radical (unpaired) electrons. The molecule has 1 saturated heterocycles. The molecule has 0 N–H and O–H groups in total. The van der Waals surface area contributed by atoms with E-state index >= 15 is 0 Å². The molecule has 0 bridgehead atoms. The fourth-order valence-corrected chi connectivity index (χ4v) is 3.36. The normalized spacial score (nSPS) is 16.4. The van der Waals surface area contributed by atoms with Crippen molar-refractivity contribution in [3.63, 3.8) is 0 Å². The van der Waals surface area contributed by atoms with E-state index in [0.29, 0.717) is 36.2 Å². The molecule has 1 aliphatic heterocycles. The van der Waals surface area contributed by atoms with Crippen molar-refractivity contribution in [1.29, 1.82) is 5.26 Å². The summed E-state index contributed by atoms with van der Waals surface area (Å²) in [7, 11) is 0. The van der Waals surface area contributed by atoms with Gasteiger partial charge in [-0.3, -0.25) is 0 Å². The van der Waals surface area contributed by atoms with E-state index in [9.17, 15) is 18.8 Å². The minimum Gasteiger partial charge on any atom is -0.444 e. The van der Waals surface area contributed by atoms with Crippen molar-refractivity contribution in [2.75, 3.05) is 13.1 Å². The lowest BCUT2D eigenvalue weighted by atomic mass is 9.95. The molecule has 1 unspecified atom stereocenters. The number of benzene rings is 2. The molecule has 1 atom stereocenters. The monoisotopic (exact) mass is 414 g/mol. The van der Waals surface area contributed by atoms with Crippen LogP contribution >= 0.6 is 0 Å². The van der Waals surface area contributed by atoms with Crippen molar-refractivity contribution in [3.8, 4) is 17.2 Å². The first-order valence-electron chi connectivity index (χ1n) is 9.75. The highest BCUT2D eigenvalue weighted by Crippen LogP contribution is 2.30. The maximum absolute atomic E-state index is 14.3. The van der Waals surface area contributed by atoms with Gasteiger partial charge in [0.15, 0.2) is 0 Å². The number of carbonyl (C=O) groups is 1. The lowest BCUT2D eigenvalue weighted by molar-refractivity contribution is 0.0184. The molecule has 0 spiro atoms. The van der Waals surface area contributed by atoms with Gasteiger partial charge >= 0.3 is 6.09 Å². The van der Waals surface area contributed by atoms with Crippen LogP contribution < -0.4 is 0 Å². The van der Waals surface area contributed by atoms with Crippen molar-refractivity contribution >= 4 is 6.09 Å². The first-order valence-corrected chi connectivity index (χ1v) is 9.75. The van der Waals surface area contributed by atoms with E-state index in [4.69, 9.17) is 9.47 Å². The standard InChI is InChI=1S/C23H24F2N2O3/c1-23(2,3)30-22(28)27-10-9-17(13-27)29-14-20-15(12-26)5-4-6-18(20)19-11-16(24)7-8-21(19)25/h4-8,11,17H,9-10,13-14H2,1-3H3. The number of halogens is 2. The third kappa shape index (κ3) is 5.14. The number of hydrogen-bond acceptors (Lipinski definition) is 4. The molecule has 3 rings (SSSR count). The minimum atomic E-state index is -0.579. The number of carbonyl (C=O) groups excluding carboxylic acids is 1. The second-order valence-corrected chi connectivity index (χ2v) is 8.22. The van der Waals surface area contributed by atoms with Crippen LogP contribution in [0.1, 0.15) is 38.3 Å². The van der Waals surface area contributed by atoms with Gasteiger partial charge in [0.25, 0.3) is 0 Å². The molecule has 0 aliphatic carbocycles. The molecule has 0 saturated carbocycles. The second kappa shape index (κ2) is 8.80. The van der Waals surface area contributed by atoms with Crippen LogP contribution in [0, 0.1) is 23.0 Å². The van der Waals surface area contributed by atoms with Gasteiger partial charge in [-0.05, 0) is 57.0 Å². The highest BCUT2D eigenvalue weighted by Gasteiger charge is 2.30. The summed E-state index contributed by atoms with van der Waals surface area (Å²) in [6.07, 6.45) is -0.0135. The zero-order chi connectivity index (χ0) is 21.9. The van der Waals surface area contributed by atoms with Crippen molar-refractivity contribution < 1.29 is 23.0 Å². The number of ether oxygens (including phenoxy) is 2. The minimum absolute atomic E-state index is 0.0435. The van der Waals surface area contributed by atoms with E-state index in [2.05, 4.69) is 6.07 Å². The molecule has 1 fully saturated rings.